The van der Waals surface area contributed by atoms with Gasteiger partial charge in [0.2, 0.25) is 0 Å². The Balaban J connectivity index is 0.00000112. The second-order valence-electron chi connectivity index (χ2n) is 3.50. The zero-order valence-corrected chi connectivity index (χ0v) is 9.74. The van der Waals surface area contributed by atoms with E-state index in [1.165, 1.54) is 6.42 Å². The third-order valence-electron chi connectivity index (χ3n) is 2.56. The van der Waals surface area contributed by atoms with E-state index in [1.54, 1.807) is 12.1 Å². The first kappa shape index (κ1) is 12.3. The minimum absolute atomic E-state index is 0. The zero-order valence-electron chi connectivity index (χ0n) is 8.16. The molecule has 1 aliphatic heterocycles. The molecule has 15 heavy (non-hydrogen) atoms. The summed E-state index contributed by atoms with van der Waals surface area (Å²) in [6.07, 6.45) is 2.28. The molecule has 80 valence electrons. The minimum Gasteiger partial charge on any atom is -0.310 e. The second kappa shape index (κ2) is 5.37. The molecule has 4 heteroatoms. The van der Waals surface area contributed by atoms with Gasteiger partial charge < -0.3 is 5.32 Å². The van der Waals surface area contributed by atoms with Crippen LogP contribution in [0.25, 0.3) is 0 Å². The highest BCUT2D eigenvalue weighted by Gasteiger charge is 2.18. The van der Waals surface area contributed by atoms with E-state index in [9.17, 15) is 0 Å². The fraction of sp³-hybridized carbons (Fsp3) is 0.364. The first-order chi connectivity index (χ1) is 6.81. The van der Waals surface area contributed by atoms with Crippen molar-refractivity contribution in [2.24, 2.45) is 0 Å². The Morgan fingerprint density at radius 2 is 2.27 bits per heavy atom. The van der Waals surface area contributed by atoms with Crippen LogP contribution in [0.3, 0.4) is 0 Å². The predicted octanol–water partition coefficient (Wildman–Crippen LogP) is 3.06. The van der Waals surface area contributed by atoms with Gasteiger partial charge in [-0.3, -0.25) is 0 Å². The molecule has 0 unspecified atom stereocenters. The smallest absolute Gasteiger partial charge is 0.0991 e. The molecule has 2 nitrogen and oxygen atoms in total. The highest BCUT2D eigenvalue weighted by atomic mass is 35.5. The lowest BCUT2D eigenvalue weighted by molar-refractivity contribution is 0.648. The summed E-state index contributed by atoms with van der Waals surface area (Å²) in [6.45, 7) is 1.04. The van der Waals surface area contributed by atoms with Crippen molar-refractivity contribution in [3.8, 4) is 6.07 Å². The molecule has 1 aliphatic rings. The van der Waals surface area contributed by atoms with Crippen LogP contribution in [0.4, 0.5) is 0 Å². The Morgan fingerprint density at radius 3 is 2.87 bits per heavy atom. The molecule has 1 saturated heterocycles. The highest BCUT2D eigenvalue weighted by molar-refractivity contribution is 6.31. The fourth-order valence-electron chi connectivity index (χ4n) is 1.83. The number of halogens is 2. The molecule has 1 aromatic rings. The van der Waals surface area contributed by atoms with E-state index in [2.05, 4.69) is 11.4 Å². The molecule has 2 rings (SSSR count). The molecular formula is C11H12Cl2N2. The Bertz CT molecular complexity index is 379. The number of hydrogen-bond acceptors (Lipinski definition) is 2. The van der Waals surface area contributed by atoms with Crippen molar-refractivity contribution in [2.75, 3.05) is 6.54 Å². The van der Waals surface area contributed by atoms with Crippen molar-refractivity contribution in [3.63, 3.8) is 0 Å². The molecule has 0 saturated carbocycles. The number of nitrogens with one attached hydrogen (secondary N) is 1. The normalized spacial score (nSPS) is 19.3. The highest BCUT2D eigenvalue weighted by Crippen LogP contribution is 2.29. The van der Waals surface area contributed by atoms with E-state index in [4.69, 9.17) is 16.9 Å². The van der Waals surface area contributed by atoms with Crippen LogP contribution in [0, 0.1) is 11.3 Å². The Morgan fingerprint density at radius 1 is 1.47 bits per heavy atom. The Labute approximate surface area is 101 Å². The summed E-state index contributed by atoms with van der Waals surface area (Å²) in [6, 6.07) is 7.89. The quantitative estimate of drug-likeness (QED) is 0.822. The van der Waals surface area contributed by atoms with E-state index in [0.717, 1.165) is 23.6 Å². The summed E-state index contributed by atoms with van der Waals surface area (Å²) < 4.78 is 0. The largest absolute Gasteiger partial charge is 0.310 e. The maximum Gasteiger partial charge on any atom is 0.0991 e. The van der Waals surface area contributed by atoms with Crippen LogP contribution in [0.1, 0.15) is 30.0 Å². The van der Waals surface area contributed by atoms with Gasteiger partial charge in [0, 0.05) is 11.1 Å². The summed E-state index contributed by atoms with van der Waals surface area (Å²) in [5.74, 6) is 0. The predicted molar refractivity (Wildman–Crippen MR) is 63.4 cm³/mol. The van der Waals surface area contributed by atoms with Crippen molar-refractivity contribution in [1.29, 1.82) is 5.26 Å². The molecule has 0 amide bonds. The minimum atomic E-state index is 0. The van der Waals surface area contributed by atoms with Crippen molar-refractivity contribution in [1.82, 2.24) is 5.32 Å². The third kappa shape index (κ3) is 2.63. The monoisotopic (exact) mass is 242 g/mol. The number of hydrogen-bond donors (Lipinski definition) is 1. The standard InChI is InChI=1S/C11H11ClN2.ClH/c12-10-4-3-8(7-13)6-9(10)11-2-1-5-14-11;/h3-4,6,11,14H,1-2,5H2;1H/t11-;/m1./s1. The van der Waals surface area contributed by atoms with Crippen LogP contribution in [-0.4, -0.2) is 6.54 Å². The van der Waals surface area contributed by atoms with E-state index in [-0.39, 0.29) is 12.4 Å². The SMILES string of the molecule is Cl.N#Cc1ccc(Cl)c([C@H]2CCCN2)c1. The summed E-state index contributed by atoms with van der Waals surface area (Å²) in [7, 11) is 0. The molecule has 0 bridgehead atoms. The Hall–Kier alpha value is -0.750. The lowest BCUT2D eigenvalue weighted by atomic mass is 10.0. The van der Waals surface area contributed by atoms with Crippen molar-refractivity contribution < 1.29 is 0 Å². The van der Waals surface area contributed by atoms with Gasteiger partial charge in [0.15, 0.2) is 0 Å². The number of benzene rings is 1. The topological polar surface area (TPSA) is 35.8 Å². The van der Waals surface area contributed by atoms with Gasteiger partial charge in [0.25, 0.3) is 0 Å². The summed E-state index contributed by atoms with van der Waals surface area (Å²) in [5, 5.41) is 12.9. The van der Waals surface area contributed by atoms with E-state index in [0.29, 0.717) is 11.6 Å². The summed E-state index contributed by atoms with van der Waals surface area (Å²) in [5.41, 5.74) is 1.74. The second-order valence-corrected chi connectivity index (χ2v) is 3.90. The fourth-order valence-corrected chi connectivity index (χ4v) is 2.08. The van der Waals surface area contributed by atoms with Gasteiger partial charge in [-0.2, -0.15) is 5.26 Å². The van der Waals surface area contributed by atoms with Crippen molar-refractivity contribution >= 4 is 24.0 Å². The average molecular weight is 243 g/mol. The van der Waals surface area contributed by atoms with E-state index in [1.807, 2.05) is 6.07 Å². The van der Waals surface area contributed by atoms with Gasteiger partial charge in [-0.25, -0.2) is 0 Å². The van der Waals surface area contributed by atoms with Gasteiger partial charge in [0.1, 0.15) is 0 Å². The maximum atomic E-state index is 8.78. The summed E-state index contributed by atoms with van der Waals surface area (Å²) >= 11 is 6.08. The summed E-state index contributed by atoms with van der Waals surface area (Å²) in [4.78, 5) is 0. The number of rotatable bonds is 1. The molecule has 0 radical (unpaired) electrons. The van der Waals surface area contributed by atoms with Crippen LogP contribution in [-0.2, 0) is 0 Å². The first-order valence-electron chi connectivity index (χ1n) is 4.74. The third-order valence-corrected chi connectivity index (χ3v) is 2.91. The van der Waals surface area contributed by atoms with Gasteiger partial charge in [0.05, 0.1) is 11.6 Å². The van der Waals surface area contributed by atoms with Gasteiger partial charge in [-0.15, -0.1) is 12.4 Å². The lowest BCUT2D eigenvalue weighted by Crippen LogP contribution is -2.13. The molecule has 0 aromatic heterocycles. The first-order valence-corrected chi connectivity index (χ1v) is 5.12. The number of nitriles is 1. The Kier molecular flexibility index (Phi) is 4.41. The van der Waals surface area contributed by atoms with Gasteiger partial charge in [-0.1, -0.05) is 11.6 Å². The van der Waals surface area contributed by atoms with Gasteiger partial charge >= 0.3 is 0 Å². The van der Waals surface area contributed by atoms with Crippen LogP contribution in [0.2, 0.25) is 5.02 Å². The average Bonchev–Trinajstić information content (AvgIpc) is 2.71. The van der Waals surface area contributed by atoms with Crippen LogP contribution in [0.15, 0.2) is 18.2 Å². The number of nitrogens with zero attached hydrogens (tertiary/aromatic N) is 1. The van der Waals surface area contributed by atoms with Crippen LogP contribution >= 0.6 is 24.0 Å². The van der Waals surface area contributed by atoms with Crippen LogP contribution < -0.4 is 5.32 Å². The molecule has 1 N–H and O–H groups in total. The lowest BCUT2D eigenvalue weighted by Gasteiger charge is -2.12. The maximum absolute atomic E-state index is 8.78. The molecule has 0 aliphatic carbocycles. The molecular weight excluding hydrogens is 231 g/mol. The van der Waals surface area contributed by atoms with Crippen LogP contribution in [0.5, 0.6) is 0 Å². The van der Waals surface area contributed by atoms with Crippen molar-refractivity contribution in [2.45, 2.75) is 18.9 Å². The molecule has 0 spiro atoms. The van der Waals surface area contributed by atoms with E-state index >= 15 is 0 Å². The molecule has 1 heterocycles. The van der Waals surface area contributed by atoms with Crippen molar-refractivity contribution in [3.05, 3.63) is 34.3 Å². The van der Waals surface area contributed by atoms with E-state index < -0.39 is 0 Å². The van der Waals surface area contributed by atoms with Gasteiger partial charge in [-0.05, 0) is 43.1 Å². The molecule has 1 fully saturated rings. The molecule has 1 aromatic carbocycles. The zero-order chi connectivity index (χ0) is 9.97. The molecule has 1 atom stereocenters.